The molecule has 0 fully saturated rings. The predicted molar refractivity (Wildman–Crippen MR) is 59.7 cm³/mol. The number of nitrogens with zero attached hydrogens (tertiary/aromatic N) is 1. The Balaban J connectivity index is 2.10. The van der Waals surface area contributed by atoms with Gasteiger partial charge in [-0.2, -0.15) is 5.10 Å². The lowest BCUT2D eigenvalue weighted by molar-refractivity contribution is 0.599. The van der Waals surface area contributed by atoms with Crippen molar-refractivity contribution >= 4 is 0 Å². The van der Waals surface area contributed by atoms with Gasteiger partial charge in [0.25, 0.3) is 5.56 Å². The summed E-state index contributed by atoms with van der Waals surface area (Å²) in [6, 6.07) is 3.21. The van der Waals surface area contributed by atoms with Gasteiger partial charge < -0.3 is 10.6 Å². The molecule has 0 unspecified atom stereocenters. The molecule has 1 aromatic heterocycles. The molecule has 0 aliphatic heterocycles. The first-order valence-corrected chi connectivity index (χ1v) is 5.29. The van der Waals surface area contributed by atoms with Crippen LogP contribution >= 0.6 is 0 Å². The minimum atomic E-state index is -0.164. The molecule has 0 bridgehead atoms. The third-order valence-electron chi connectivity index (χ3n) is 1.95. The Hall–Kier alpha value is -1.20. The van der Waals surface area contributed by atoms with Gasteiger partial charge in [0.15, 0.2) is 0 Å². The second kappa shape index (κ2) is 7.14. The van der Waals surface area contributed by atoms with Crippen LogP contribution in [0.25, 0.3) is 0 Å². The molecule has 0 saturated heterocycles. The molecule has 0 aliphatic rings. The molecule has 0 saturated carbocycles. The molecule has 0 amide bonds. The highest BCUT2D eigenvalue weighted by atomic mass is 16.1. The maximum absolute atomic E-state index is 10.7. The quantitative estimate of drug-likeness (QED) is 0.548. The number of aromatic amines is 1. The summed E-state index contributed by atoms with van der Waals surface area (Å²) in [5, 5.41) is 12.8. The van der Waals surface area contributed by atoms with Crippen molar-refractivity contribution in [1.82, 2.24) is 20.8 Å². The van der Waals surface area contributed by atoms with Crippen LogP contribution in [0.5, 0.6) is 0 Å². The molecule has 1 aromatic rings. The van der Waals surface area contributed by atoms with Gasteiger partial charge in [0.05, 0.1) is 5.69 Å². The van der Waals surface area contributed by atoms with Gasteiger partial charge in [-0.25, -0.2) is 5.10 Å². The molecule has 0 spiro atoms. The first-order chi connectivity index (χ1) is 7.33. The fourth-order valence-electron chi connectivity index (χ4n) is 1.17. The van der Waals surface area contributed by atoms with Crippen molar-refractivity contribution in [2.45, 2.75) is 19.9 Å². The van der Waals surface area contributed by atoms with Crippen molar-refractivity contribution in [2.75, 3.05) is 19.6 Å². The highest BCUT2D eigenvalue weighted by Crippen LogP contribution is 1.85. The van der Waals surface area contributed by atoms with Crippen molar-refractivity contribution < 1.29 is 0 Å². The van der Waals surface area contributed by atoms with Crippen LogP contribution in [-0.2, 0) is 6.54 Å². The molecule has 1 rings (SSSR count). The molecule has 15 heavy (non-hydrogen) atoms. The van der Waals surface area contributed by atoms with Gasteiger partial charge in [-0.15, -0.1) is 0 Å². The minimum Gasteiger partial charge on any atom is -0.315 e. The lowest BCUT2D eigenvalue weighted by Gasteiger charge is -2.04. The van der Waals surface area contributed by atoms with Crippen LogP contribution in [0.2, 0.25) is 0 Å². The largest absolute Gasteiger partial charge is 0.315 e. The highest BCUT2D eigenvalue weighted by molar-refractivity contribution is 4.98. The maximum atomic E-state index is 10.7. The van der Waals surface area contributed by atoms with Crippen molar-refractivity contribution in [3.05, 3.63) is 28.2 Å². The standard InChI is InChI=1S/C10H18N4O/c1-2-5-11-6-7-12-8-9-3-4-10(15)14-13-9/h3-4,11-12H,2,5-8H2,1H3,(H,14,15). The molecule has 1 heterocycles. The fraction of sp³-hybridized carbons (Fsp3) is 0.600. The Morgan fingerprint density at radius 1 is 1.27 bits per heavy atom. The predicted octanol–water partition coefficient (Wildman–Crippen LogP) is -0.141. The summed E-state index contributed by atoms with van der Waals surface area (Å²) in [6.07, 6.45) is 1.15. The third-order valence-corrected chi connectivity index (χ3v) is 1.95. The Labute approximate surface area is 89.3 Å². The van der Waals surface area contributed by atoms with Gasteiger partial charge in [0.2, 0.25) is 0 Å². The Bertz CT molecular complexity index is 303. The molecule has 0 atom stereocenters. The summed E-state index contributed by atoms with van der Waals surface area (Å²) < 4.78 is 0. The SMILES string of the molecule is CCCNCCNCc1ccc(=O)[nH]n1. The monoisotopic (exact) mass is 210 g/mol. The number of H-pyrrole nitrogens is 1. The maximum Gasteiger partial charge on any atom is 0.264 e. The lowest BCUT2D eigenvalue weighted by Crippen LogP contribution is -2.28. The van der Waals surface area contributed by atoms with Gasteiger partial charge in [-0.3, -0.25) is 4.79 Å². The van der Waals surface area contributed by atoms with Gasteiger partial charge in [0, 0.05) is 25.7 Å². The number of rotatable bonds is 7. The number of hydrogen-bond acceptors (Lipinski definition) is 4. The van der Waals surface area contributed by atoms with Crippen LogP contribution in [-0.4, -0.2) is 29.8 Å². The normalized spacial score (nSPS) is 10.5. The van der Waals surface area contributed by atoms with E-state index < -0.39 is 0 Å². The summed E-state index contributed by atoms with van der Waals surface area (Å²) in [5.74, 6) is 0. The molecule has 3 N–H and O–H groups in total. The summed E-state index contributed by atoms with van der Waals surface area (Å²) in [5.41, 5.74) is 0.688. The summed E-state index contributed by atoms with van der Waals surface area (Å²) in [6.45, 7) is 5.74. The van der Waals surface area contributed by atoms with E-state index in [4.69, 9.17) is 0 Å². The number of hydrogen-bond donors (Lipinski definition) is 3. The van der Waals surface area contributed by atoms with Gasteiger partial charge in [-0.1, -0.05) is 6.92 Å². The zero-order valence-corrected chi connectivity index (χ0v) is 9.05. The van der Waals surface area contributed by atoms with E-state index in [1.54, 1.807) is 6.07 Å². The van der Waals surface area contributed by atoms with Crippen LogP contribution in [0, 0.1) is 0 Å². The highest BCUT2D eigenvalue weighted by Gasteiger charge is 1.93. The van der Waals surface area contributed by atoms with Gasteiger partial charge in [-0.05, 0) is 19.0 Å². The molecular formula is C10H18N4O. The molecule has 0 aliphatic carbocycles. The average Bonchev–Trinajstić information content (AvgIpc) is 2.26. The Morgan fingerprint density at radius 3 is 2.73 bits per heavy atom. The molecule has 5 heteroatoms. The molecule has 84 valence electrons. The zero-order valence-electron chi connectivity index (χ0n) is 9.05. The van der Waals surface area contributed by atoms with E-state index in [1.807, 2.05) is 0 Å². The Morgan fingerprint density at radius 2 is 2.07 bits per heavy atom. The lowest BCUT2D eigenvalue weighted by atomic mass is 10.4. The van der Waals surface area contributed by atoms with E-state index in [9.17, 15) is 4.79 Å². The second-order valence-corrected chi connectivity index (χ2v) is 3.34. The Kier molecular flexibility index (Phi) is 5.65. The second-order valence-electron chi connectivity index (χ2n) is 3.34. The topological polar surface area (TPSA) is 69.8 Å². The summed E-state index contributed by atoms with van der Waals surface area (Å²) in [4.78, 5) is 10.7. The van der Waals surface area contributed by atoms with Crippen LogP contribution in [0.1, 0.15) is 19.0 Å². The zero-order chi connectivity index (χ0) is 10.9. The van der Waals surface area contributed by atoms with Crippen molar-refractivity contribution in [1.29, 1.82) is 0 Å². The number of nitrogens with one attached hydrogen (secondary N) is 3. The van der Waals surface area contributed by atoms with Crippen LogP contribution in [0.4, 0.5) is 0 Å². The van der Waals surface area contributed by atoms with E-state index in [1.165, 1.54) is 6.07 Å². The summed E-state index contributed by atoms with van der Waals surface area (Å²) in [7, 11) is 0. The van der Waals surface area contributed by atoms with Crippen LogP contribution in [0.15, 0.2) is 16.9 Å². The van der Waals surface area contributed by atoms with Crippen molar-refractivity contribution in [3.63, 3.8) is 0 Å². The first kappa shape index (κ1) is 11.9. The van der Waals surface area contributed by atoms with E-state index in [0.29, 0.717) is 6.54 Å². The average molecular weight is 210 g/mol. The van der Waals surface area contributed by atoms with Crippen LogP contribution in [0.3, 0.4) is 0 Å². The van der Waals surface area contributed by atoms with Crippen molar-refractivity contribution in [2.24, 2.45) is 0 Å². The van der Waals surface area contributed by atoms with Gasteiger partial charge >= 0.3 is 0 Å². The third kappa shape index (κ3) is 5.29. The van der Waals surface area contributed by atoms with Gasteiger partial charge in [0.1, 0.15) is 0 Å². The molecular weight excluding hydrogens is 192 g/mol. The van der Waals surface area contributed by atoms with Crippen LogP contribution < -0.4 is 16.2 Å². The molecule has 5 nitrogen and oxygen atoms in total. The molecule has 0 aromatic carbocycles. The number of aromatic nitrogens is 2. The van der Waals surface area contributed by atoms with E-state index >= 15 is 0 Å². The summed E-state index contributed by atoms with van der Waals surface area (Å²) >= 11 is 0. The molecule has 0 radical (unpaired) electrons. The van der Waals surface area contributed by atoms with E-state index in [0.717, 1.165) is 31.7 Å². The van der Waals surface area contributed by atoms with E-state index in [2.05, 4.69) is 27.8 Å². The first-order valence-electron chi connectivity index (χ1n) is 5.29. The smallest absolute Gasteiger partial charge is 0.264 e. The van der Waals surface area contributed by atoms with Crippen molar-refractivity contribution in [3.8, 4) is 0 Å². The fourth-order valence-corrected chi connectivity index (χ4v) is 1.17. The minimum absolute atomic E-state index is 0.164. The van der Waals surface area contributed by atoms with E-state index in [-0.39, 0.29) is 5.56 Å².